The molecule has 0 amide bonds. The smallest absolute Gasteiger partial charge is 0.299 e. The third-order valence-electron chi connectivity index (χ3n) is 1.92. The number of anilines is 2. The van der Waals surface area contributed by atoms with Gasteiger partial charge < -0.3 is 5.73 Å². The van der Waals surface area contributed by atoms with Crippen molar-refractivity contribution in [1.82, 2.24) is 4.72 Å². The van der Waals surface area contributed by atoms with E-state index in [1.54, 1.807) is 18.2 Å². The van der Waals surface area contributed by atoms with E-state index in [4.69, 9.17) is 5.73 Å². The Labute approximate surface area is 110 Å². The van der Waals surface area contributed by atoms with Gasteiger partial charge in [0.05, 0.1) is 5.69 Å². The minimum absolute atomic E-state index is 0.251. The van der Waals surface area contributed by atoms with Crippen molar-refractivity contribution in [2.24, 2.45) is 5.92 Å². The van der Waals surface area contributed by atoms with Gasteiger partial charge in [-0.05, 0) is 40.0 Å². The Balaban J connectivity index is 2.76. The van der Waals surface area contributed by atoms with Gasteiger partial charge >= 0.3 is 0 Å². The Hall–Kier alpha value is -0.790. The minimum atomic E-state index is -3.54. The molecule has 7 heteroatoms. The normalized spacial score (nSPS) is 11.8. The van der Waals surface area contributed by atoms with Crippen molar-refractivity contribution < 1.29 is 8.42 Å². The van der Waals surface area contributed by atoms with Crippen LogP contribution in [-0.2, 0) is 10.2 Å². The van der Waals surface area contributed by atoms with Crippen molar-refractivity contribution in [1.29, 1.82) is 0 Å². The van der Waals surface area contributed by atoms with Crippen LogP contribution in [0.3, 0.4) is 0 Å². The van der Waals surface area contributed by atoms with E-state index >= 15 is 0 Å². The van der Waals surface area contributed by atoms with E-state index in [1.807, 2.05) is 13.8 Å². The lowest BCUT2D eigenvalue weighted by atomic mass is 10.2. The fraction of sp³-hybridized carbons (Fsp3) is 0.400. The first-order valence-corrected chi connectivity index (χ1v) is 7.40. The van der Waals surface area contributed by atoms with E-state index in [2.05, 4.69) is 25.4 Å². The van der Waals surface area contributed by atoms with Crippen LogP contribution in [0.5, 0.6) is 0 Å². The molecule has 0 aromatic heterocycles. The lowest BCUT2D eigenvalue weighted by molar-refractivity contribution is 0.565. The maximum Gasteiger partial charge on any atom is 0.299 e. The Kier molecular flexibility index (Phi) is 4.79. The molecule has 1 rings (SSSR count). The van der Waals surface area contributed by atoms with Crippen LogP contribution in [0.15, 0.2) is 22.7 Å². The van der Waals surface area contributed by atoms with Crippen molar-refractivity contribution in [3.05, 3.63) is 22.7 Å². The Morgan fingerprint density at radius 2 is 2.06 bits per heavy atom. The first kappa shape index (κ1) is 14.3. The molecule has 1 aromatic rings. The van der Waals surface area contributed by atoms with Gasteiger partial charge in [-0.1, -0.05) is 13.8 Å². The highest BCUT2D eigenvalue weighted by Crippen LogP contribution is 2.25. The van der Waals surface area contributed by atoms with Crippen LogP contribution >= 0.6 is 15.9 Å². The van der Waals surface area contributed by atoms with Gasteiger partial charge in [0.25, 0.3) is 10.2 Å². The topological polar surface area (TPSA) is 84.2 Å². The summed E-state index contributed by atoms with van der Waals surface area (Å²) in [5.41, 5.74) is 6.59. The van der Waals surface area contributed by atoms with Crippen LogP contribution in [0.1, 0.15) is 13.8 Å². The monoisotopic (exact) mass is 321 g/mol. The van der Waals surface area contributed by atoms with Gasteiger partial charge in [-0.2, -0.15) is 13.1 Å². The van der Waals surface area contributed by atoms with E-state index in [-0.39, 0.29) is 5.92 Å². The largest absolute Gasteiger partial charge is 0.399 e. The second kappa shape index (κ2) is 5.70. The Morgan fingerprint density at radius 1 is 1.41 bits per heavy atom. The van der Waals surface area contributed by atoms with Crippen molar-refractivity contribution in [2.75, 3.05) is 17.0 Å². The summed E-state index contributed by atoms with van der Waals surface area (Å²) < 4.78 is 28.8. The average molecular weight is 322 g/mol. The second-order valence-corrected chi connectivity index (χ2v) is 6.44. The van der Waals surface area contributed by atoms with Gasteiger partial charge in [-0.15, -0.1) is 0 Å². The molecular formula is C10H16BrN3O2S. The highest BCUT2D eigenvalue weighted by atomic mass is 79.9. The first-order chi connectivity index (χ1) is 7.80. The van der Waals surface area contributed by atoms with Crippen LogP contribution < -0.4 is 15.2 Å². The third-order valence-corrected chi connectivity index (χ3v) is 3.61. The molecule has 0 bridgehead atoms. The van der Waals surface area contributed by atoms with Crippen LogP contribution in [0.2, 0.25) is 0 Å². The van der Waals surface area contributed by atoms with Gasteiger partial charge in [0.15, 0.2) is 0 Å². The number of nitrogens with two attached hydrogens (primary N) is 1. The SMILES string of the molecule is CC(C)CNS(=O)(=O)Nc1ccc(N)cc1Br. The molecule has 1 aromatic carbocycles. The fourth-order valence-corrected chi connectivity index (χ4v) is 2.79. The minimum Gasteiger partial charge on any atom is -0.399 e. The number of nitrogen functional groups attached to an aromatic ring is 1. The summed E-state index contributed by atoms with van der Waals surface area (Å²) in [5.74, 6) is 0.251. The van der Waals surface area contributed by atoms with Crippen molar-refractivity contribution >= 4 is 37.5 Å². The van der Waals surface area contributed by atoms with E-state index in [9.17, 15) is 8.42 Å². The van der Waals surface area contributed by atoms with Gasteiger partial charge in [0.2, 0.25) is 0 Å². The summed E-state index contributed by atoms with van der Waals surface area (Å²) in [6.45, 7) is 4.26. The first-order valence-electron chi connectivity index (χ1n) is 5.12. The summed E-state index contributed by atoms with van der Waals surface area (Å²) in [5, 5.41) is 0. The zero-order chi connectivity index (χ0) is 13.1. The maximum atomic E-state index is 11.7. The van der Waals surface area contributed by atoms with E-state index in [0.717, 1.165) is 0 Å². The highest BCUT2D eigenvalue weighted by Gasteiger charge is 2.12. The molecule has 0 aliphatic carbocycles. The molecule has 0 fully saturated rings. The Bertz CT molecular complexity index is 488. The molecule has 17 heavy (non-hydrogen) atoms. The Morgan fingerprint density at radius 3 is 2.59 bits per heavy atom. The van der Waals surface area contributed by atoms with Gasteiger partial charge in [-0.3, -0.25) is 4.72 Å². The molecule has 0 aliphatic heterocycles. The third kappa shape index (κ3) is 4.93. The highest BCUT2D eigenvalue weighted by molar-refractivity contribution is 9.10. The maximum absolute atomic E-state index is 11.7. The predicted molar refractivity (Wildman–Crippen MR) is 73.9 cm³/mol. The summed E-state index contributed by atoms with van der Waals surface area (Å²) in [6.07, 6.45) is 0. The quantitative estimate of drug-likeness (QED) is 0.724. The molecule has 0 atom stereocenters. The molecule has 0 aliphatic rings. The molecular weight excluding hydrogens is 306 g/mol. The molecule has 0 heterocycles. The van der Waals surface area contributed by atoms with Crippen LogP contribution in [0, 0.1) is 5.92 Å². The fourth-order valence-electron chi connectivity index (χ4n) is 1.07. The molecule has 0 radical (unpaired) electrons. The zero-order valence-corrected chi connectivity index (χ0v) is 12.1. The van der Waals surface area contributed by atoms with Gasteiger partial charge in [-0.25, -0.2) is 0 Å². The zero-order valence-electron chi connectivity index (χ0n) is 9.70. The van der Waals surface area contributed by atoms with Crippen LogP contribution in [0.25, 0.3) is 0 Å². The lowest BCUT2D eigenvalue weighted by Crippen LogP contribution is -2.32. The summed E-state index contributed by atoms with van der Waals surface area (Å²) in [4.78, 5) is 0. The van der Waals surface area contributed by atoms with E-state index < -0.39 is 10.2 Å². The average Bonchev–Trinajstić information content (AvgIpc) is 2.20. The summed E-state index contributed by atoms with van der Waals surface area (Å²) >= 11 is 3.25. The van der Waals surface area contributed by atoms with E-state index in [1.165, 1.54) is 0 Å². The van der Waals surface area contributed by atoms with E-state index in [0.29, 0.717) is 22.4 Å². The van der Waals surface area contributed by atoms with Gasteiger partial charge in [0, 0.05) is 16.7 Å². The standard InChI is InChI=1S/C10H16BrN3O2S/c1-7(2)6-13-17(15,16)14-10-4-3-8(12)5-9(10)11/h3-5,7,13-14H,6,12H2,1-2H3. The van der Waals surface area contributed by atoms with Crippen LogP contribution in [0.4, 0.5) is 11.4 Å². The molecule has 0 unspecified atom stereocenters. The number of halogens is 1. The second-order valence-electron chi connectivity index (χ2n) is 4.09. The summed E-state index contributed by atoms with van der Waals surface area (Å²) in [6, 6.07) is 4.87. The molecule has 0 saturated heterocycles. The summed E-state index contributed by atoms with van der Waals surface area (Å²) in [7, 11) is -3.54. The number of rotatable bonds is 5. The van der Waals surface area contributed by atoms with Crippen molar-refractivity contribution in [3.63, 3.8) is 0 Å². The van der Waals surface area contributed by atoms with Crippen molar-refractivity contribution in [3.8, 4) is 0 Å². The molecule has 5 nitrogen and oxygen atoms in total. The molecule has 4 N–H and O–H groups in total. The molecule has 96 valence electrons. The van der Waals surface area contributed by atoms with Gasteiger partial charge in [0.1, 0.15) is 0 Å². The number of hydrogen-bond donors (Lipinski definition) is 3. The number of benzene rings is 1. The predicted octanol–water partition coefficient (Wildman–Crippen LogP) is 1.93. The number of hydrogen-bond acceptors (Lipinski definition) is 3. The lowest BCUT2D eigenvalue weighted by Gasteiger charge is -2.12. The van der Waals surface area contributed by atoms with Crippen LogP contribution in [-0.4, -0.2) is 15.0 Å². The molecule has 0 spiro atoms. The number of nitrogens with one attached hydrogen (secondary N) is 2. The molecule has 0 saturated carbocycles. The van der Waals surface area contributed by atoms with Crippen molar-refractivity contribution in [2.45, 2.75) is 13.8 Å².